The van der Waals surface area contributed by atoms with Crippen molar-refractivity contribution in [2.45, 2.75) is 18.9 Å². The van der Waals surface area contributed by atoms with E-state index in [1.54, 1.807) is 24.7 Å². The molecule has 104 valence electrons. The van der Waals surface area contributed by atoms with Gasteiger partial charge in [-0.3, -0.25) is 4.79 Å². The summed E-state index contributed by atoms with van der Waals surface area (Å²) in [6.45, 7) is 1.29. The molecule has 2 aromatic heterocycles. The summed E-state index contributed by atoms with van der Waals surface area (Å²) in [6.07, 6.45) is 6.92. The van der Waals surface area contributed by atoms with Gasteiger partial charge in [0.25, 0.3) is 5.91 Å². The maximum atomic E-state index is 12.5. The Labute approximate surface area is 120 Å². The third kappa shape index (κ3) is 2.41. The van der Waals surface area contributed by atoms with Crippen LogP contribution in [-0.2, 0) is 0 Å². The lowest BCUT2D eigenvalue weighted by Crippen LogP contribution is -2.39. The van der Waals surface area contributed by atoms with Crippen LogP contribution in [0.3, 0.4) is 0 Å². The van der Waals surface area contributed by atoms with Crippen molar-refractivity contribution in [3.63, 3.8) is 0 Å². The first-order valence-electron chi connectivity index (χ1n) is 6.54. The van der Waals surface area contributed by atoms with E-state index in [-0.39, 0.29) is 11.9 Å². The number of thiazole rings is 1. The molecule has 3 heterocycles. The van der Waals surface area contributed by atoms with Gasteiger partial charge in [0.15, 0.2) is 10.8 Å². The standard InChI is InChI=1S/C13H15N5OS/c14-7-9-3-1-6-18(9)13(19)10-8-17-12(20-10)11-15-4-2-5-16-11/h2,4-5,8-9H,1,3,6-7,14H2. The molecule has 20 heavy (non-hydrogen) atoms. The van der Waals surface area contributed by atoms with E-state index in [0.29, 0.717) is 22.3 Å². The van der Waals surface area contributed by atoms with Crippen LogP contribution in [0, 0.1) is 0 Å². The van der Waals surface area contributed by atoms with Crippen LogP contribution in [0.15, 0.2) is 24.7 Å². The van der Waals surface area contributed by atoms with Crippen LogP contribution in [-0.4, -0.2) is 44.9 Å². The zero-order valence-electron chi connectivity index (χ0n) is 10.9. The minimum atomic E-state index is 0.0117. The van der Waals surface area contributed by atoms with Crippen LogP contribution >= 0.6 is 11.3 Å². The second-order valence-electron chi connectivity index (χ2n) is 4.63. The molecule has 2 aromatic rings. The topological polar surface area (TPSA) is 85.0 Å². The van der Waals surface area contributed by atoms with Crippen molar-refractivity contribution in [1.29, 1.82) is 0 Å². The van der Waals surface area contributed by atoms with Crippen molar-refractivity contribution >= 4 is 17.2 Å². The maximum Gasteiger partial charge on any atom is 0.265 e. The molecule has 3 rings (SSSR count). The highest BCUT2D eigenvalue weighted by Gasteiger charge is 2.29. The molecule has 0 bridgehead atoms. The lowest BCUT2D eigenvalue weighted by Gasteiger charge is -2.22. The van der Waals surface area contributed by atoms with Gasteiger partial charge in [-0.25, -0.2) is 15.0 Å². The van der Waals surface area contributed by atoms with Gasteiger partial charge in [0.1, 0.15) is 4.88 Å². The van der Waals surface area contributed by atoms with Gasteiger partial charge in [-0.05, 0) is 18.9 Å². The van der Waals surface area contributed by atoms with Crippen molar-refractivity contribution < 1.29 is 4.79 Å². The van der Waals surface area contributed by atoms with E-state index in [1.165, 1.54) is 11.3 Å². The zero-order chi connectivity index (χ0) is 13.9. The normalized spacial score (nSPS) is 18.4. The van der Waals surface area contributed by atoms with Crippen LogP contribution in [0.4, 0.5) is 0 Å². The summed E-state index contributed by atoms with van der Waals surface area (Å²) in [5.74, 6) is 0.561. The van der Waals surface area contributed by atoms with Crippen LogP contribution < -0.4 is 5.73 Å². The van der Waals surface area contributed by atoms with E-state index in [0.717, 1.165) is 19.4 Å². The van der Waals surface area contributed by atoms with Gasteiger partial charge in [-0.15, -0.1) is 11.3 Å². The second-order valence-corrected chi connectivity index (χ2v) is 5.66. The molecular formula is C13H15N5OS. The zero-order valence-corrected chi connectivity index (χ0v) is 11.7. The Morgan fingerprint density at radius 1 is 1.40 bits per heavy atom. The van der Waals surface area contributed by atoms with E-state index < -0.39 is 0 Å². The van der Waals surface area contributed by atoms with Gasteiger partial charge < -0.3 is 10.6 Å². The molecule has 0 radical (unpaired) electrons. The number of aromatic nitrogens is 3. The fourth-order valence-electron chi connectivity index (χ4n) is 2.38. The molecule has 0 saturated carbocycles. The fourth-order valence-corrected chi connectivity index (χ4v) is 3.20. The average Bonchev–Trinajstić information content (AvgIpc) is 3.16. The largest absolute Gasteiger partial charge is 0.334 e. The number of nitrogens with two attached hydrogens (primary N) is 1. The fraction of sp³-hybridized carbons (Fsp3) is 0.385. The van der Waals surface area contributed by atoms with Crippen LogP contribution in [0.25, 0.3) is 10.8 Å². The molecule has 1 aliphatic heterocycles. The summed E-state index contributed by atoms with van der Waals surface area (Å²) in [5.41, 5.74) is 5.71. The number of amides is 1. The molecule has 1 amide bonds. The molecular weight excluding hydrogens is 274 g/mol. The Balaban J connectivity index is 1.82. The summed E-state index contributed by atoms with van der Waals surface area (Å²) < 4.78 is 0. The molecule has 1 saturated heterocycles. The molecule has 0 aliphatic carbocycles. The number of carbonyl (C=O) groups excluding carboxylic acids is 1. The van der Waals surface area contributed by atoms with Crippen molar-refractivity contribution in [2.24, 2.45) is 5.73 Å². The number of hydrogen-bond donors (Lipinski definition) is 1. The summed E-state index contributed by atoms with van der Waals surface area (Å²) in [5, 5.41) is 0.664. The van der Waals surface area contributed by atoms with Gasteiger partial charge in [0, 0.05) is 31.5 Å². The quantitative estimate of drug-likeness (QED) is 0.916. The molecule has 6 nitrogen and oxygen atoms in total. The van der Waals surface area contributed by atoms with Crippen LogP contribution in [0.2, 0.25) is 0 Å². The smallest absolute Gasteiger partial charge is 0.265 e. The maximum absolute atomic E-state index is 12.5. The Morgan fingerprint density at radius 2 is 2.20 bits per heavy atom. The van der Waals surface area contributed by atoms with Crippen LogP contribution in [0.1, 0.15) is 22.5 Å². The first-order valence-corrected chi connectivity index (χ1v) is 7.35. The predicted octanol–water partition coefficient (Wildman–Crippen LogP) is 1.16. The van der Waals surface area contributed by atoms with Gasteiger partial charge in [0.2, 0.25) is 0 Å². The Bertz CT molecular complexity index is 600. The molecule has 7 heteroatoms. The third-order valence-electron chi connectivity index (χ3n) is 3.38. The highest BCUT2D eigenvalue weighted by Crippen LogP contribution is 2.25. The SMILES string of the molecule is NCC1CCCN1C(=O)c1cnc(-c2ncccn2)s1. The Kier molecular flexibility index (Phi) is 3.70. The van der Waals surface area contributed by atoms with Gasteiger partial charge in [-0.2, -0.15) is 0 Å². The second kappa shape index (κ2) is 5.64. The summed E-state index contributed by atoms with van der Waals surface area (Å²) in [6, 6.07) is 1.90. The number of likely N-dealkylation sites (tertiary alicyclic amines) is 1. The molecule has 0 aromatic carbocycles. The Hall–Kier alpha value is -1.86. The first-order chi connectivity index (χ1) is 9.79. The minimum absolute atomic E-state index is 0.0117. The number of rotatable bonds is 3. The third-order valence-corrected chi connectivity index (χ3v) is 4.36. The molecule has 2 N–H and O–H groups in total. The summed E-state index contributed by atoms with van der Waals surface area (Å²) >= 11 is 1.33. The monoisotopic (exact) mass is 289 g/mol. The number of nitrogens with zero attached hydrogens (tertiary/aromatic N) is 4. The number of carbonyl (C=O) groups is 1. The highest BCUT2D eigenvalue weighted by atomic mass is 32.1. The molecule has 1 aliphatic rings. The molecule has 1 fully saturated rings. The van der Waals surface area contributed by atoms with Crippen LogP contribution in [0.5, 0.6) is 0 Å². The van der Waals surface area contributed by atoms with Gasteiger partial charge >= 0.3 is 0 Å². The van der Waals surface area contributed by atoms with E-state index in [1.807, 2.05) is 4.90 Å². The van der Waals surface area contributed by atoms with Crippen molar-refractivity contribution in [3.8, 4) is 10.8 Å². The van der Waals surface area contributed by atoms with Crippen molar-refractivity contribution in [2.75, 3.05) is 13.1 Å². The van der Waals surface area contributed by atoms with E-state index >= 15 is 0 Å². The van der Waals surface area contributed by atoms with E-state index in [2.05, 4.69) is 15.0 Å². The Morgan fingerprint density at radius 3 is 2.95 bits per heavy atom. The average molecular weight is 289 g/mol. The minimum Gasteiger partial charge on any atom is -0.334 e. The first kappa shape index (κ1) is 13.1. The van der Waals surface area contributed by atoms with Crippen molar-refractivity contribution in [3.05, 3.63) is 29.5 Å². The summed E-state index contributed by atoms with van der Waals surface area (Å²) in [4.78, 5) is 27.5. The lowest BCUT2D eigenvalue weighted by molar-refractivity contribution is 0.0746. The van der Waals surface area contributed by atoms with Crippen molar-refractivity contribution in [1.82, 2.24) is 19.9 Å². The number of hydrogen-bond acceptors (Lipinski definition) is 6. The van der Waals surface area contributed by atoms with Gasteiger partial charge in [-0.1, -0.05) is 0 Å². The molecule has 1 atom stereocenters. The molecule has 1 unspecified atom stereocenters. The summed E-state index contributed by atoms with van der Waals surface area (Å²) in [7, 11) is 0. The van der Waals surface area contributed by atoms with Gasteiger partial charge in [0.05, 0.1) is 6.20 Å². The van der Waals surface area contributed by atoms with E-state index in [4.69, 9.17) is 5.73 Å². The lowest BCUT2D eigenvalue weighted by atomic mass is 10.2. The highest BCUT2D eigenvalue weighted by molar-refractivity contribution is 7.16. The predicted molar refractivity (Wildman–Crippen MR) is 76.3 cm³/mol. The molecule has 0 spiro atoms. The van der Waals surface area contributed by atoms with E-state index in [9.17, 15) is 4.79 Å².